The Morgan fingerprint density at radius 2 is 2.00 bits per heavy atom. The van der Waals surface area contributed by atoms with Gasteiger partial charge >= 0.3 is 6.09 Å². The zero-order valence-electron chi connectivity index (χ0n) is 9.03. The van der Waals surface area contributed by atoms with Crippen LogP contribution < -0.4 is 10.5 Å². The van der Waals surface area contributed by atoms with Gasteiger partial charge in [-0.3, -0.25) is 0 Å². The molecule has 0 spiro atoms. The van der Waals surface area contributed by atoms with Crippen molar-refractivity contribution in [3.8, 4) is 5.75 Å². The van der Waals surface area contributed by atoms with Crippen molar-refractivity contribution in [2.24, 2.45) is 5.73 Å². The molecule has 0 saturated carbocycles. The summed E-state index contributed by atoms with van der Waals surface area (Å²) in [7, 11) is 0. The monoisotopic (exact) mass is 274 g/mol. The van der Waals surface area contributed by atoms with Crippen LogP contribution in [-0.2, 0) is 0 Å². The summed E-state index contributed by atoms with van der Waals surface area (Å²) in [6.07, 6.45) is 0.377. The molecule has 1 aliphatic heterocycles. The molecule has 1 aliphatic rings. The van der Waals surface area contributed by atoms with Gasteiger partial charge in [-0.1, -0.05) is 23.2 Å². The molecule has 0 radical (unpaired) electrons. The molecule has 2 rings (SSSR count). The van der Waals surface area contributed by atoms with Crippen LogP contribution in [0.3, 0.4) is 0 Å². The summed E-state index contributed by atoms with van der Waals surface area (Å²) in [6.45, 7) is 1.14. The number of hydrogen-bond donors (Lipinski definition) is 1. The second kappa shape index (κ2) is 5.12. The van der Waals surface area contributed by atoms with E-state index in [1.54, 1.807) is 23.1 Å². The van der Waals surface area contributed by atoms with Gasteiger partial charge in [-0.15, -0.1) is 0 Å². The van der Waals surface area contributed by atoms with E-state index in [4.69, 9.17) is 33.7 Å². The summed E-state index contributed by atoms with van der Waals surface area (Å²) in [6, 6.07) is 4.69. The van der Waals surface area contributed by atoms with Crippen molar-refractivity contribution in [2.75, 3.05) is 13.1 Å². The fraction of sp³-hybridized carbons (Fsp3) is 0.364. The first kappa shape index (κ1) is 12.5. The second-order valence-electron chi connectivity index (χ2n) is 3.97. The third-order valence-corrected chi connectivity index (χ3v) is 2.96. The number of benzene rings is 1. The summed E-state index contributed by atoms with van der Waals surface area (Å²) in [5.74, 6) is 0.341. The first-order valence-electron chi connectivity index (χ1n) is 5.23. The Morgan fingerprint density at radius 3 is 2.53 bits per heavy atom. The molecule has 17 heavy (non-hydrogen) atoms. The van der Waals surface area contributed by atoms with Gasteiger partial charge in [0, 0.05) is 29.2 Å². The van der Waals surface area contributed by atoms with Crippen LogP contribution >= 0.6 is 23.2 Å². The molecule has 6 heteroatoms. The maximum absolute atomic E-state index is 11.7. The van der Waals surface area contributed by atoms with Gasteiger partial charge in [-0.2, -0.15) is 0 Å². The van der Waals surface area contributed by atoms with Crippen molar-refractivity contribution in [3.05, 3.63) is 28.2 Å². The Bertz CT molecular complexity index is 419. The van der Waals surface area contributed by atoms with Gasteiger partial charge in [0.15, 0.2) is 0 Å². The standard InChI is InChI=1S/C11H12Cl2N2O2/c12-7-3-8(13)5-10(4-7)17-11(16)15-2-1-9(14)6-15/h3-5,9H,1-2,6,14H2/t9-/m1/s1. The van der Waals surface area contributed by atoms with Gasteiger partial charge in [-0.05, 0) is 24.6 Å². The van der Waals surface area contributed by atoms with E-state index >= 15 is 0 Å². The Balaban J connectivity index is 2.03. The zero-order valence-corrected chi connectivity index (χ0v) is 10.5. The van der Waals surface area contributed by atoms with Crippen LogP contribution in [0, 0.1) is 0 Å². The second-order valence-corrected chi connectivity index (χ2v) is 4.84. The molecule has 1 heterocycles. The van der Waals surface area contributed by atoms with E-state index in [9.17, 15) is 4.79 Å². The minimum absolute atomic E-state index is 0.0329. The molecule has 92 valence electrons. The van der Waals surface area contributed by atoms with E-state index in [0.717, 1.165) is 6.42 Å². The lowest BCUT2D eigenvalue weighted by Gasteiger charge is -2.15. The van der Waals surface area contributed by atoms with Crippen molar-refractivity contribution in [2.45, 2.75) is 12.5 Å². The summed E-state index contributed by atoms with van der Waals surface area (Å²) in [4.78, 5) is 13.3. The number of amides is 1. The molecule has 1 aromatic rings. The van der Waals surface area contributed by atoms with Crippen LogP contribution in [-0.4, -0.2) is 30.1 Å². The van der Waals surface area contributed by atoms with Crippen LogP contribution in [0.2, 0.25) is 10.0 Å². The molecular formula is C11H12Cl2N2O2. The largest absolute Gasteiger partial charge is 0.415 e. The fourth-order valence-corrected chi connectivity index (χ4v) is 2.21. The van der Waals surface area contributed by atoms with Gasteiger partial charge < -0.3 is 15.4 Å². The number of nitrogens with two attached hydrogens (primary N) is 1. The van der Waals surface area contributed by atoms with E-state index in [2.05, 4.69) is 0 Å². The van der Waals surface area contributed by atoms with Gasteiger partial charge in [0.25, 0.3) is 0 Å². The number of ether oxygens (including phenoxy) is 1. The third kappa shape index (κ3) is 3.25. The lowest BCUT2D eigenvalue weighted by molar-refractivity contribution is 0.162. The summed E-state index contributed by atoms with van der Waals surface area (Å²) in [5.41, 5.74) is 5.71. The number of rotatable bonds is 1. The van der Waals surface area contributed by atoms with Crippen LogP contribution in [0.5, 0.6) is 5.75 Å². The highest BCUT2D eigenvalue weighted by Crippen LogP contribution is 2.25. The quantitative estimate of drug-likeness (QED) is 0.856. The van der Waals surface area contributed by atoms with E-state index in [1.165, 1.54) is 0 Å². The van der Waals surface area contributed by atoms with Gasteiger partial charge in [0.2, 0.25) is 0 Å². The number of likely N-dealkylation sites (tertiary alicyclic amines) is 1. The first-order valence-corrected chi connectivity index (χ1v) is 5.98. The van der Waals surface area contributed by atoms with Crippen LogP contribution in [0.4, 0.5) is 4.79 Å². The van der Waals surface area contributed by atoms with Gasteiger partial charge in [-0.25, -0.2) is 4.79 Å². The van der Waals surface area contributed by atoms with Crippen molar-refractivity contribution in [3.63, 3.8) is 0 Å². The minimum atomic E-state index is -0.420. The van der Waals surface area contributed by atoms with Crippen LogP contribution in [0.15, 0.2) is 18.2 Å². The van der Waals surface area contributed by atoms with Crippen LogP contribution in [0.1, 0.15) is 6.42 Å². The lowest BCUT2D eigenvalue weighted by atomic mass is 10.3. The highest BCUT2D eigenvalue weighted by atomic mass is 35.5. The number of carbonyl (C=O) groups is 1. The Labute approximate surface area is 109 Å². The van der Waals surface area contributed by atoms with E-state index in [0.29, 0.717) is 28.9 Å². The van der Waals surface area contributed by atoms with Gasteiger partial charge in [0.05, 0.1) is 0 Å². The predicted molar refractivity (Wildman–Crippen MR) is 66.7 cm³/mol. The summed E-state index contributed by atoms with van der Waals surface area (Å²) >= 11 is 11.6. The minimum Gasteiger partial charge on any atom is -0.410 e. The smallest absolute Gasteiger partial charge is 0.410 e. The molecule has 2 N–H and O–H groups in total. The maximum atomic E-state index is 11.7. The molecule has 1 atom stereocenters. The maximum Gasteiger partial charge on any atom is 0.415 e. The lowest BCUT2D eigenvalue weighted by Crippen LogP contribution is -2.33. The number of nitrogens with zero attached hydrogens (tertiary/aromatic N) is 1. The highest BCUT2D eigenvalue weighted by molar-refractivity contribution is 6.34. The van der Waals surface area contributed by atoms with Crippen molar-refractivity contribution < 1.29 is 9.53 Å². The average Bonchev–Trinajstić information content (AvgIpc) is 2.63. The van der Waals surface area contributed by atoms with Crippen LogP contribution in [0.25, 0.3) is 0 Å². The molecule has 1 fully saturated rings. The van der Waals surface area contributed by atoms with E-state index in [-0.39, 0.29) is 6.04 Å². The molecule has 1 saturated heterocycles. The Hall–Kier alpha value is -0.970. The topological polar surface area (TPSA) is 55.6 Å². The summed E-state index contributed by atoms with van der Waals surface area (Å²) in [5, 5.41) is 0.858. The molecule has 0 unspecified atom stereocenters. The number of hydrogen-bond acceptors (Lipinski definition) is 3. The van der Waals surface area contributed by atoms with Crippen molar-refractivity contribution in [1.29, 1.82) is 0 Å². The highest BCUT2D eigenvalue weighted by Gasteiger charge is 2.25. The first-order chi connectivity index (χ1) is 8.04. The predicted octanol–water partition coefficient (Wildman–Crippen LogP) is 2.53. The molecule has 0 aromatic heterocycles. The van der Waals surface area contributed by atoms with Gasteiger partial charge in [0.1, 0.15) is 5.75 Å². The summed E-state index contributed by atoms with van der Waals surface area (Å²) < 4.78 is 5.17. The molecule has 1 aromatic carbocycles. The average molecular weight is 275 g/mol. The SMILES string of the molecule is N[C@@H]1CCN(C(=O)Oc2cc(Cl)cc(Cl)c2)C1. The van der Waals surface area contributed by atoms with E-state index in [1.807, 2.05) is 0 Å². The Morgan fingerprint density at radius 1 is 1.35 bits per heavy atom. The number of carbonyl (C=O) groups excluding carboxylic acids is 1. The molecular weight excluding hydrogens is 263 g/mol. The van der Waals surface area contributed by atoms with Crippen molar-refractivity contribution >= 4 is 29.3 Å². The van der Waals surface area contributed by atoms with E-state index < -0.39 is 6.09 Å². The molecule has 0 aliphatic carbocycles. The molecule has 0 bridgehead atoms. The normalized spacial score (nSPS) is 19.5. The fourth-order valence-electron chi connectivity index (χ4n) is 1.71. The molecule has 4 nitrogen and oxygen atoms in total. The third-order valence-electron chi connectivity index (χ3n) is 2.52. The Kier molecular flexibility index (Phi) is 3.76. The molecule has 1 amide bonds. The van der Waals surface area contributed by atoms with Crippen molar-refractivity contribution in [1.82, 2.24) is 4.90 Å². The number of halogens is 2. The zero-order chi connectivity index (χ0) is 12.4.